The van der Waals surface area contributed by atoms with E-state index in [0.29, 0.717) is 5.92 Å². The Morgan fingerprint density at radius 3 is 2.44 bits per heavy atom. The number of piperidine rings is 1. The molecule has 1 unspecified atom stereocenters. The standard InChI is InChI=1S/C14H21NO2S/c1-12(14-7-9-15-10-8-14)18(16,17)11-13-5-3-2-4-6-13/h2-6,12,14-15H,7-11H2,1H3. The van der Waals surface area contributed by atoms with Crippen LogP contribution in [0.5, 0.6) is 0 Å². The SMILES string of the molecule is CC(C1CCNCC1)S(=O)(=O)Cc1ccccc1. The molecule has 1 aromatic rings. The van der Waals surface area contributed by atoms with Crippen molar-refractivity contribution in [3.05, 3.63) is 35.9 Å². The van der Waals surface area contributed by atoms with E-state index in [9.17, 15) is 8.42 Å². The van der Waals surface area contributed by atoms with Gasteiger partial charge in [-0.3, -0.25) is 0 Å². The summed E-state index contributed by atoms with van der Waals surface area (Å²) in [5.74, 6) is 0.471. The molecule has 0 bridgehead atoms. The van der Waals surface area contributed by atoms with Crippen molar-refractivity contribution in [2.75, 3.05) is 13.1 Å². The van der Waals surface area contributed by atoms with Gasteiger partial charge in [0.05, 0.1) is 11.0 Å². The van der Waals surface area contributed by atoms with E-state index in [2.05, 4.69) is 5.32 Å². The van der Waals surface area contributed by atoms with Crippen molar-refractivity contribution in [2.24, 2.45) is 5.92 Å². The first-order valence-electron chi connectivity index (χ1n) is 6.56. The van der Waals surface area contributed by atoms with E-state index in [4.69, 9.17) is 0 Å². The van der Waals surface area contributed by atoms with Crippen molar-refractivity contribution in [3.63, 3.8) is 0 Å². The maximum absolute atomic E-state index is 12.4. The maximum atomic E-state index is 12.4. The van der Waals surface area contributed by atoms with E-state index in [1.54, 1.807) is 0 Å². The van der Waals surface area contributed by atoms with E-state index in [1.165, 1.54) is 0 Å². The summed E-state index contributed by atoms with van der Waals surface area (Å²) in [5, 5.41) is 3.04. The molecule has 0 amide bonds. The lowest BCUT2D eigenvalue weighted by Gasteiger charge is -2.28. The fourth-order valence-corrected chi connectivity index (χ4v) is 4.32. The fraction of sp³-hybridized carbons (Fsp3) is 0.571. The Labute approximate surface area is 110 Å². The van der Waals surface area contributed by atoms with E-state index < -0.39 is 9.84 Å². The largest absolute Gasteiger partial charge is 0.317 e. The quantitative estimate of drug-likeness (QED) is 0.907. The van der Waals surface area contributed by atoms with Crippen LogP contribution in [0, 0.1) is 5.92 Å². The van der Waals surface area contributed by atoms with Crippen LogP contribution in [-0.2, 0) is 15.6 Å². The third kappa shape index (κ3) is 3.33. The zero-order valence-corrected chi connectivity index (χ0v) is 11.6. The van der Waals surface area contributed by atoms with Crippen LogP contribution in [0.4, 0.5) is 0 Å². The van der Waals surface area contributed by atoms with Gasteiger partial charge >= 0.3 is 0 Å². The Kier molecular flexibility index (Phi) is 4.40. The molecule has 0 spiro atoms. The van der Waals surface area contributed by atoms with Crippen LogP contribution >= 0.6 is 0 Å². The summed E-state index contributed by atoms with van der Waals surface area (Å²) in [6.45, 7) is 3.75. The van der Waals surface area contributed by atoms with Crippen LogP contribution in [0.15, 0.2) is 30.3 Å². The van der Waals surface area contributed by atoms with Crippen LogP contribution in [0.1, 0.15) is 25.3 Å². The van der Waals surface area contributed by atoms with E-state index >= 15 is 0 Å². The molecule has 2 rings (SSSR count). The lowest BCUT2D eigenvalue weighted by molar-refractivity contribution is 0.363. The fourth-order valence-electron chi connectivity index (χ4n) is 2.54. The van der Waals surface area contributed by atoms with Gasteiger partial charge in [0.1, 0.15) is 0 Å². The lowest BCUT2D eigenvalue weighted by atomic mass is 9.95. The number of sulfone groups is 1. The summed E-state index contributed by atoms with van der Waals surface area (Å²) in [6, 6.07) is 9.45. The van der Waals surface area contributed by atoms with Gasteiger partial charge in [-0.15, -0.1) is 0 Å². The van der Waals surface area contributed by atoms with Crippen LogP contribution in [0.3, 0.4) is 0 Å². The highest BCUT2D eigenvalue weighted by Gasteiger charge is 2.30. The molecule has 18 heavy (non-hydrogen) atoms. The molecule has 1 saturated heterocycles. The molecular weight excluding hydrogens is 246 g/mol. The van der Waals surface area contributed by atoms with Crippen molar-refractivity contribution in [3.8, 4) is 0 Å². The monoisotopic (exact) mass is 267 g/mol. The second-order valence-electron chi connectivity index (χ2n) is 5.09. The highest BCUT2D eigenvalue weighted by molar-refractivity contribution is 7.91. The van der Waals surface area contributed by atoms with Crippen LogP contribution in [0.2, 0.25) is 0 Å². The summed E-state index contributed by atoms with van der Waals surface area (Å²) in [6.07, 6.45) is 1.93. The molecule has 1 N–H and O–H groups in total. The molecule has 0 radical (unpaired) electrons. The van der Waals surface area contributed by atoms with E-state index in [0.717, 1.165) is 31.5 Å². The Morgan fingerprint density at radius 1 is 1.22 bits per heavy atom. The zero-order chi connectivity index (χ0) is 13.0. The summed E-state index contributed by atoms with van der Waals surface area (Å²) in [4.78, 5) is 0. The van der Waals surface area contributed by atoms with Gasteiger partial charge in [0.15, 0.2) is 9.84 Å². The van der Waals surface area contributed by atoms with Gasteiger partial charge in [-0.25, -0.2) is 8.42 Å². The van der Waals surface area contributed by atoms with Gasteiger partial charge in [-0.05, 0) is 44.3 Å². The molecule has 1 heterocycles. The minimum absolute atomic E-state index is 0.166. The molecule has 3 nitrogen and oxygen atoms in total. The third-order valence-electron chi connectivity index (χ3n) is 3.82. The zero-order valence-electron chi connectivity index (χ0n) is 10.8. The molecule has 1 aliphatic rings. The number of rotatable bonds is 4. The van der Waals surface area contributed by atoms with Gasteiger partial charge in [-0.1, -0.05) is 30.3 Å². The topological polar surface area (TPSA) is 46.2 Å². The summed E-state index contributed by atoms with van der Waals surface area (Å²) < 4.78 is 24.8. The van der Waals surface area contributed by atoms with Crippen molar-refractivity contribution in [1.29, 1.82) is 0 Å². The molecule has 1 atom stereocenters. The third-order valence-corrected chi connectivity index (χ3v) is 6.08. The normalized spacial score (nSPS) is 19.6. The first-order chi connectivity index (χ1) is 8.59. The van der Waals surface area contributed by atoms with Gasteiger partial charge in [0, 0.05) is 0 Å². The smallest absolute Gasteiger partial charge is 0.157 e. The minimum Gasteiger partial charge on any atom is -0.317 e. The molecule has 4 heteroatoms. The molecule has 1 aromatic carbocycles. The van der Waals surface area contributed by atoms with Crippen LogP contribution < -0.4 is 5.32 Å². The number of benzene rings is 1. The van der Waals surface area contributed by atoms with Crippen molar-refractivity contribution < 1.29 is 8.42 Å². The minimum atomic E-state index is -3.04. The van der Waals surface area contributed by atoms with Gasteiger partial charge in [-0.2, -0.15) is 0 Å². The molecular formula is C14H21NO2S. The van der Waals surface area contributed by atoms with Crippen LogP contribution in [-0.4, -0.2) is 26.8 Å². The average molecular weight is 267 g/mol. The van der Waals surface area contributed by atoms with Crippen LogP contribution in [0.25, 0.3) is 0 Å². The second-order valence-corrected chi connectivity index (χ2v) is 7.44. The van der Waals surface area contributed by atoms with Crippen molar-refractivity contribution >= 4 is 9.84 Å². The van der Waals surface area contributed by atoms with E-state index in [1.807, 2.05) is 37.3 Å². The molecule has 100 valence electrons. The highest BCUT2D eigenvalue weighted by Crippen LogP contribution is 2.24. The summed E-state index contributed by atoms with van der Waals surface area (Å²) >= 11 is 0. The lowest BCUT2D eigenvalue weighted by Crippen LogP contribution is -2.36. The number of hydrogen-bond donors (Lipinski definition) is 1. The van der Waals surface area contributed by atoms with Gasteiger partial charge < -0.3 is 5.32 Å². The second kappa shape index (κ2) is 5.85. The Hall–Kier alpha value is -0.870. The highest BCUT2D eigenvalue weighted by atomic mass is 32.2. The van der Waals surface area contributed by atoms with Crippen molar-refractivity contribution in [2.45, 2.75) is 30.8 Å². The molecule has 1 aliphatic heterocycles. The van der Waals surface area contributed by atoms with E-state index in [-0.39, 0.29) is 11.0 Å². The molecule has 1 fully saturated rings. The Bertz CT molecular complexity index is 464. The average Bonchev–Trinajstić information content (AvgIpc) is 2.39. The maximum Gasteiger partial charge on any atom is 0.157 e. The predicted octanol–water partition coefficient (Wildman–Crippen LogP) is 1.99. The first kappa shape index (κ1) is 13.6. The molecule has 0 aromatic heterocycles. The predicted molar refractivity (Wildman–Crippen MR) is 74.1 cm³/mol. The Balaban J connectivity index is 2.05. The number of hydrogen-bond acceptors (Lipinski definition) is 3. The molecule has 0 aliphatic carbocycles. The van der Waals surface area contributed by atoms with Gasteiger partial charge in [0.2, 0.25) is 0 Å². The number of nitrogens with one attached hydrogen (secondary N) is 1. The first-order valence-corrected chi connectivity index (χ1v) is 8.27. The summed E-state index contributed by atoms with van der Waals surface area (Å²) in [5.41, 5.74) is 0.887. The Morgan fingerprint density at radius 2 is 1.83 bits per heavy atom. The molecule has 0 saturated carbocycles. The van der Waals surface area contributed by atoms with Crippen molar-refractivity contribution in [1.82, 2.24) is 5.32 Å². The van der Waals surface area contributed by atoms with Gasteiger partial charge in [0.25, 0.3) is 0 Å². The summed E-state index contributed by atoms with van der Waals surface area (Å²) in [7, 11) is -3.04.